The molecular weight excluding hydrogens is 236 g/mol. The molecule has 0 aromatic carbocycles. The summed E-state index contributed by atoms with van der Waals surface area (Å²) in [5.74, 6) is 0. The molecule has 0 aliphatic carbocycles. The predicted octanol–water partition coefficient (Wildman–Crippen LogP) is 0.555. The lowest BCUT2D eigenvalue weighted by Crippen LogP contribution is -2.51. The summed E-state index contributed by atoms with van der Waals surface area (Å²) in [4.78, 5) is 7.59. The van der Waals surface area contributed by atoms with E-state index in [9.17, 15) is 0 Å². The van der Waals surface area contributed by atoms with Crippen LogP contribution in [0, 0.1) is 5.41 Å². The molecule has 2 rings (SSSR count). The van der Waals surface area contributed by atoms with Gasteiger partial charge in [-0.2, -0.15) is 0 Å². The maximum atomic E-state index is 3.55. The summed E-state index contributed by atoms with van der Waals surface area (Å²) in [5.41, 5.74) is 0.561. The van der Waals surface area contributed by atoms with E-state index in [0.717, 1.165) is 0 Å². The highest BCUT2D eigenvalue weighted by Crippen LogP contribution is 2.30. The first-order chi connectivity index (χ1) is 9.13. The molecule has 4 heteroatoms. The fourth-order valence-electron chi connectivity index (χ4n) is 3.33. The standard InChI is InChI=1S/C15H32N4/c1-4-15(5-6-16-13-15)14-19-11-9-18(10-12-19)8-7-17(2)3/h16H,4-14H2,1-3H3. The highest BCUT2D eigenvalue weighted by Gasteiger charge is 2.34. The van der Waals surface area contributed by atoms with Crippen LogP contribution in [0.15, 0.2) is 0 Å². The maximum Gasteiger partial charge on any atom is 0.0110 e. The number of likely N-dealkylation sites (N-methyl/N-ethyl adjacent to an activating group) is 1. The van der Waals surface area contributed by atoms with Crippen LogP contribution in [0.4, 0.5) is 0 Å². The summed E-state index contributed by atoms with van der Waals surface area (Å²) >= 11 is 0. The van der Waals surface area contributed by atoms with Crippen molar-refractivity contribution in [3.63, 3.8) is 0 Å². The lowest BCUT2D eigenvalue weighted by atomic mass is 9.83. The summed E-state index contributed by atoms with van der Waals surface area (Å²) in [5, 5.41) is 3.55. The van der Waals surface area contributed by atoms with E-state index < -0.39 is 0 Å². The molecule has 2 heterocycles. The smallest absolute Gasteiger partial charge is 0.0110 e. The van der Waals surface area contributed by atoms with Gasteiger partial charge in [-0.15, -0.1) is 0 Å². The second-order valence-corrected chi connectivity index (χ2v) is 6.70. The maximum absolute atomic E-state index is 3.55. The fraction of sp³-hybridized carbons (Fsp3) is 1.00. The summed E-state index contributed by atoms with van der Waals surface area (Å²) in [6, 6.07) is 0. The molecule has 19 heavy (non-hydrogen) atoms. The Morgan fingerprint density at radius 2 is 1.79 bits per heavy atom. The van der Waals surface area contributed by atoms with Gasteiger partial charge in [-0.25, -0.2) is 0 Å². The van der Waals surface area contributed by atoms with E-state index in [1.165, 1.54) is 71.7 Å². The van der Waals surface area contributed by atoms with Crippen molar-refractivity contribution in [1.29, 1.82) is 0 Å². The number of hydrogen-bond donors (Lipinski definition) is 1. The van der Waals surface area contributed by atoms with E-state index in [4.69, 9.17) is 0 Å². The van der Waals surface area contributed by atoms with Crippen molar-refractivity contribution in [2.24, 2.45) is 5.41 Å². The van der Waals surface area contributed by atoms with Crippen LogP contribution in [0.1, 0.15) is 19.8 Å². The molecule has 1 atom stereocenters. The molecule has 0 aromatic heterocycles. The van der Waals surface area contributed by atoms with E-state index in [2.05, 4.69) is 41.0 Å². The van der Waals surface area contributed by atoms with Gasteiger partial charge in [0.05, 0.1) is 0 Å². The van der Waals surface area contributed by atoms with Crippen molar-refractivity contribution >= 4 is 0 Å². The minimum Gasteiger partial charge on any atom is -0.316 e. The molecule has 1 N–H and O–H groups in total. The number of hydrogen-bond acceptors (Lipinski definition) is 4. The summed E-state index contributed by atoms with van der Waals surface area (Å²) in [6.45, 7) is 13.5. The number of nitrogens with zero attached hydrogens (tertiary/aromatic N) is 3. The Morgan fingerprint density at radius 3 is 2.32 bits per heavy atom. The minimum atomic E-state index is 0.561. The van der Waals surface area contributed by atoms with Crippen LogP contribution in [-0.2, 0) is 0 Å². The quantitative estimate of drug-likeness (QED) is 0.760. The first-order valence-electron chi connectivity index (χ1n) is 7.94. The predicted molar refractivity (Wildman–Crippen MR) is 81.6 cm³/mol. The fourth-order valence-corrected chi connectivity index (χ4v) is 3.33. The largest absolute Gasteiger partial charge is 0.316 e. The van der Waals surface area contributed by atoms with Crippen LogP contribution >= 0.6 is 0 Å². The average Bonchev–Trinajstić information content (AvgIpc) is 2.87. The summed E-state index contributed by atoms with van der Waals surface area (Å²) < 4.78 is 0. The molecule has 0 aromatic rings. The van der Waals surface area contributed by atoms with Gasteiger partial charge in [-0.3, -0.25) is 4.90 Å². The van der Waals surface area contributed by atoms with Gasteiger partial charge in [-0.05, 0) is 38.9 Å². The Morgan fingerprint density at radius 1 is 1.11 bits per heavy atom. The van der Waals surface area contributed by atoms with E-state index in [1.807, 2.05) is 0 Å². The van der Waals surface area contributed by atoms with Crippen LogP contribution in [-0.4, -0.2) is 87.7 Å². The van der Waals surface area contributed by atoms with Crippen LogP contribution in [0.2, 0.25) is 0 Å². The third-order valence-corrected chi connectivity index (χ3v) is 4.97. The monoisotopic (exact) mass is 268 g/mol. The van der Waals surface area contributed by atoms with Gasteiger partial charge < -0.3 is 15.1 Å². The van der Waals surface area contributed by atoms with Crippen LogP contribution < -0.4 is 5.32 Å². The molecule has 112 valence electrons. The Balaban J connectivity index is 1.71. The topological polar surface area (TPSA) is 21.8 Å². The van der Waals surface area contributed by atoms with Gasteiger partial charge in [0, 0.05) is 52.4 Å². The minimum absolute atomic E-state index is 0.561. The summed E-state index contributed by atoms with van der Waals surface area (Å²) in [6.07, 6.45) is 2.69. The van der Waals surface area contributed by atoms with Gasteiger partial charge in [0.1, 0.15) is 0 Å². The molecule has 2 saturated heterocycles. The van der Waals surface area contributed by atoms with Crippen LogP contribution in [0.3, 0.4) is 0 Å². The SMILES string of the molecule is CCC1(CN2CCN(CCN(C)C)CC2)CCNC1. The van der Waals surface area contributed by atoms with Gasteiger partial charge in [-0.1, -0.05) is 6.92 Å². The van der Waals surface area contributed by atoms with Gasteiger partial charge in [0.15, 0.2) is 0 Å². The van der Waals surface area contributed by atoms with Crippen LogP contribution in [0.5, 0.6) is 0 Å². The van der Waals surface area contributed by atoms with Crippen molar-refractivity contribution in [2.45, 2.75) is 19.8 Å². The summed E-state index contributed by atoms with van der Waals surface area (Å²) in [7, 11) is 4.32. The van der Waals surface area contributed by atoms with Crippen molar-refractivity contribution in [3.05, 3.63) is 0 Å². The number of rotatable bonds is 6. The molecule has 0 radical (unpaired) electrons. The van der Waals surface area contributed by atoms with E-state index in [1.54, 1.807) is 0 Å². The highest BCUT2D eigenvalue weighted by atomic mass is 15.3. The third kappa shape index (κ3) is 4.42. The van der Waals surface area contributed by atoms with E-state index in [-0.39, 0.29) is 0 Å². The van der Waals surface area contributed by atoms with Gasteiger partial charge >= 0.3 is 0 Å². The van der Waals surface area contributed by atoms with E-state index in [0.29, 0.717) is 5.41 Å². The molecule has 0 saturated carbocycles. The Bertz CT molecular complexity index is 253. The molecule has 2 fully saturated rings. The van der Waals surface area contributed by atoms with Crippen molar-refractivity contribution < 1.29 is 0 Å². The Kier molecular flexibility index (Phi) is 5.63. The zero-order valence-electron chi connectivity index (χ0n) is 13.1. The number of nitrogens with one attached hydrogen (secondary N) is 1. The highest BCUT2D eigenvalue weighted by molar-refractivity contribution is 4.90. The van der Waals surface area contributed by atoms with Crippen LogP contribution in [0.25, 0.3) is 0 Å². The second-order valence-electron chi connectivity index (χ2n) is 6.70. The first-order valence-corrected chi connectivity index (χ1v) is 7.94. The molecule has 0 spiro atoms. The molecule has 1 unspecified atom stereocenters. The Labute approximate surface area is 119 Å². The second kappa shape index (κ2) is 7.02. The van der Waals surface area contributed by atoms with Gasteiger partial charge in [0.25, 0.3) is 0 Å². The van der Waals surface area contributed by atoms with Gasteiger partial charge in [0.2, 0.25) is 0 Å². The van der Waals surface area contributed by atoms with Crippen molar-refractivity contribution in [1.82, 2.24) is 20.0 Å². The van der Waals surface area contributed by atoms with Crippen molar-refractivity contribution in [2.75, 3.05) is 73.0 Å². The molecule has 4 nitrogen and oxygen atoms in total. The first kappa shape index (κ1) is 15.2. The lowest BCUT2D eigenvalue weighted by Gasteiger charge is -2.40. The molecule has 0 bridgehead atoms. The number of piperazine rings is 1. The molecule has 2 aliphatic rings. The van der Waals surface area contributed by atoms with Crippen molar-refractivity contribution in [3.8, 4) is 0 Å². The normalized spacial score (nSPS) is 30.3. The zero-order valence-corrected chi connectivity index (χ0v) is 13.1. The Hall–Kier alpha value is -0.160. The molecular formula is C15H32N4. The third-order valence-electron chi connectivity index (χ3n) is 4.97. The average molecular weight is 268 g/mol. The molecule has 0 amide bonds. The lowest BCUT2D eigenvalue weighted by molar-refractivity contribution is 0.0856. The van der Waals surface area contributed by atoms with E-state index >= 15 is 0 Å². The molecule has 2 aliphatic heterocycles. The zero-order chi connectivity index (χ0) is 13.7.